The molecular weight excluding hydrogens is 284 g/mol. The van der Waals surface area contributed by atoms with E-state index in [4.69, 9.17) is 0 Å². The largest absolute Gasteiger partial charge is 0.371 e. The van der Waals surface area contributed by atoms with Crippen molar-refractivity contribution >= 4 is 17.6 Å². The lowest BCUT2D eigenvalue weighted by atomic mass is 10.1. The van der Waals surface area contributed by atoms with Crippen LogP contribution in [0, 0.1) is 10.1 Å². The number of aromatic nitrogens is 3. The average molecular weight is 300 g/mol. The summed E-state index contributed by atoms with van der Waals surface area (Å²) in [4.78, 5) is 12.9. The van der Waals surface area contributed by atoms with Crippen LogP contribution < -0.4 is 4.90 Å². The van der Waals surface area contributed by atoms with Gasteiger partial charge in [0, 0.05) is 36.5 Å². The van der Waals surface area contributed by atoms with E-state index in [1.165, 1.54) is 23.8 Å². The maximum atomic E-state index is 11.0. The molecule has 0 saturated carbocycles. The number of non-ortho nitro benzene ring substituents is 1. The lowest BCUT2D eigenvalue weighted by molar-refractivity contribution is -0.384. The van der Waals surface area contributed by atoms with Crippen molar-refractivity contribution in [2.24, 2.45) is 5.10 Å². The van der Waals surface area contributed by atoms with Crippen LogP contribution in [-0.4, -0.2) is 39.1 Å². The summed E-state index contributed by atoms with van der Waals surface area (Å²) in [5, 5.41) is 22.6. The number of rotatable bonds is 4. The van der Waals surface area contributed by atoms with Crippen LogP contribution in [0.15, 0.2) is 36.0 Å². The molecule has 8 heteroatoms. The Morgan fingerprint density at radius 2 is 1.91 bits per heavy atom. The Morgan fingerprint density at radius 3 is 2.59 bits per heavy atom. The first kappa shape index (κ1) is 14.2. The quantitative estimate of drug-likeness (QED) is 0.490. The van der Waals surface area contributed by atoms with Gasteiger partial charge in [0.05, 0.1) is 11.1 Å². The molecule has 2 aromatic rings. The Kier molecular flexibility index (Phi) is 4.08. The second-order valence-corrected chi connectivity index (χ2v) is 5.13. The van der Waals surface area contributed by atoms with Gasteiger partial charge in [0.15, 0.2) is 0 Å². The second-order valence-electron chi connectivity index (χ2n) is 5.13. The molecule has 0 aliphatic carbocycles. The van der Waals surface area contributed by atoms with Crippen LogP contribution in [0.3, 0.4) is 0 Å². The Balaban J connectivity index is 1.95. The van der Waals surface area contributed by atoms with Crippen molar-refractivity contribution in [2.45, 2.75) is 19.3 Å². The van der Waals surface area contributed by atoms with Crippen LogP contribution in [0.1, 0.15) is 24.8 Å². The summed E-state index contributed by atoms with van der Waals surface area (Å²) in [7, 11) is 0. The lowest BCUT2D eigenvalue weighted by Gasteiger charge is -2.29. The highest BCUT2D eigenvalue weighted by Crippen LogP contribution is 2.26. The second kappa shape index (κ2) is 6.33. The van der Waals surface area contributed by atoms with E-state index < -0.39 is 4.92 Å². The molecule has 8 nitrogen and oxygen atoms in total. The van der Waals surface area contributed by atoms with Crippen molar-refractivity contribution < 1.29 is 4.92 Å². The van der Waals surface area contributed by atoms with Gasteiger partial charge in [-0.1, -0.05) is 0 Å². The van der Waals surface area contributed by atoms with Crippen molar-refractivity contribution in [3.8, 4) is 0 Å². The molecule has 0 amide bonds. The molecule has 1 aliphatic heterocycles. The number of piperidine rings is 1. The normalized spacial score (nSPS) is 15.4. The number of nitrogens with zero attached hydrogens (tertiary/aromatic N) is 6. The standard InChI is InChI=1S/C14H16N6O2/c21-20(22)13-4-5-14(18-6-2-1-3-7-18)12(8-13)9-17-19-10-15-16-11-19/h4-5,8-11H,1-3,6-7H2. The van der Waals surface area contributed by atoms with Crippen LogP contribution in [0.4, 0.5) is 11.4 Å². The van der Waals surface area contributed by atoms with Gasteiger partial charge in [-0.3, -0.25) is 10.1 Å². The molecule has 22 heavy (non-hydrogen) atoms. The van der Waals surface area contributed by atoms with Gasteiger partial charge in [-0.05, 0) is 25.3 Å². The minimum atomic E-state index is -0.393. The van der Waals surface area contributed by atoms with E-state index >= 15 is 0 Å². The number of anilines is 1. The first-order valence-corrected chi connectivity index (χ1v) is 7.16. The summed E-state index contributed by atoms with van der Waals surface area (Å²) in [6.07, 6.45) is 8.05. The molecule has 0 atom stereocenters. The Hall–Kier alpha value is -2.77. The Labute approximate surface area is 127 Å². The highest BCUT2D eigenvalue weighted by molar-refractivity contribution is 5.89. The molecule has 1 saturated heterocycles. The minimum absolute atomic E-state index is 0.0611. The third kappa shape index (κ3) is 3.11. The van der Waals surface area contributed by atoms with Gasteiger partial charge in [0.25, 0.3) is 5.69 Å². The summed E-state index contributed by atoms with van der Waals surface area (Å²) >= 11 is 0. The van der Waals surface area contributed by atoms with Crippen LogP contribution in [0.2, 0.25) is 0 Å². The van der Waals surface area contributed by atoms with Crippen LogP contribution >= 0.6 is 0 Å². The van der Waals surface area contributed by atoms with Gasteiger partial charge in [-0.2, -0.15) is 5.10 Å². The Morgan fingerprint density at radius 1 is 1.18 bits per heavy atom. The summed E-state index contributed by atoms with van der Waals surface area (Å²) in [6.45, 7) is 1.93. The van der Waals surface area contributed by atoms with E-state index in [1.54, 1.807) is 24.4 Å². The zero-order valence-electron chi connectivity index (χ0n) is 12.0. The lowest BCUT2D eigenvalue weighted by Crippen LogP contribution is -2.30. The Bertz CT molecular complexity index is 677. The molecule has 1 aromatic carbocycles. The van der Waals surface area contributed by atoms with Crippen LogP contribution in [-0.2, 0) is 0 Å². The fourth-order valence-corrected chi connectivity index (χ4v) is 2.57. The molecule has 1 fully saturated rings. The molecule has 1 aromatic heterocycles. The van der Waals surface area contributed by atoms with E-state index in [-0.39, 0.29) is 5.69 Å². The predicted molar refractivity (Wildman–Crippen MR) is 82.2 cm³/mol. The van der Waals surface area contributed by atoms with Gasteiger partial charge in [-0.25, -0.2) is 4.68 Å². The van der Waals surface area contributed by atoms with E-state index in [0.29, 0.717) is 0 Å². The maximum absolute atomic E-state index is 11.0. The van der Waals surface area contributed by atoms with Crippen molar-refractivity contribution in [3.63, 3.8) is 0 Å². The number of hydrogen-bond acceptors (Lipinski definition) is 6. The van der Waals surface area contributed by atoms with E-state index in [1.807, 2.05) is 0 Å². The maximum Gasteiger partial charge on any atom is 0.270 e. The number of nitro groups is 1. The van der Waals surface area contributed by atoms with Crippen molar-refractivity contribution in [2.75, 3.05) is 18.0 Å². The van der Waals surface area contributed by atoms with Crippen LogP contribution in [0.5, 0.6) is 0 Å². The molecule has 1 aliphatic rings. The first-order chi connectivity index (χ1) is 10.7. The van der Waals surface area contributed by atoms with E-state index in [9.17, 15) is 10.1 Å². The SMILES string of the molecule is O=[N+]([O-])c1ccc(N2CCCCC2)c(C=Nn2cnnc2)c1. The van der Waals surface area contributed by atoms with Crippen molar-refractivity contribution in [1.82, 2.24) is 14.9 Å². The third-order valence-electron chi connectivity index (χ3n) is 3.66. The van der Waals surface area contributed by atoms with Gasteiger partial charge >= 0.3 is 0 Å². The fourth-order valence-electron chi connectivity index (χ4n) is 2.57. The molecule has 0 radical (unpaired) electrons. The zero-order chi connectivity index (χ0) is 15.4. The van der Waals surface area contributed by atoms with Gasteiger partial charge in [-0.15, -0.1) is 10.2 Å². The average Bonchev–Trinajstić information content (AvgIpc) is 3.07. The molecule has 3 rings (SSSR count). The topological polar surface area (TPSA) is 89.5 Å². The summed E-state index contributed by atoms with van der Waals surface area (Å²) < 4.78 is 1.46. The smallest absolute Gasteiger partial charge is 0.270 e. The molecule has 0 unspecified atom stereocenters. The van der Waals surface area contributed by atoms with E-state index in [2.05, 4.69) is 20.2 Å². The third-order valence-corrected chi connectivity index (χ3v) is 3.66. The van der Waals surface area contributed by atoms with Gasteiger partial charge < -0.3 is 4.90 Å². The molecular formula is C14H16N6O2. The predicted octanol–water partition coefficient (Wildman–Crippen LogP) is 2.06. The summed E-state index contributed by atoms with van der Waals surface area (Å²) in [6, 6.07) is 4.90. The number of nitro benzene ring substituents is 1. The number of hydrogen-bond donors (Lipinski definition) is 0. The van der Waals surface area contributed by atoms with E-state index in [0.717, 1.165) is 37.2 Å². The fraction of sp³-hybridized carbons (Fsp3) is 0.357. The molecule has 0 N–H and O–H groups in total. The van der Waals surface area contributed by atoms with Crippen molar-refractivity contribution in [3.05, 3.63) is 46.5 Å². The highest BCUT2D eigenvalue weighted by atomic mass is 16.6. The first-order valence-electron chi connectivity index (χ1n) is 7.16. The minimum Gasteiger partial charge on any atom is -0.371 e. The summed E-state index contributed by atoms with van der Waals surface area (Å²) in [5.41, 5.74) is 1.76. The van der Waals surface area contributed by atoms with Crippen LogP contribution in [0.25, 0.3) is 0 Å². The summed E-state index contributed by atoms with van der Waals surface area (Å²) in [5.74, 6) is 0. The zero-order valence-corrected chi connectivity index (χ0v) is 12.0. The molecule has 0 bridgehead atoms. The molecule has 114 valence electrons. The number of benzene rings is 1. The van der Waals surface area contributed by atoms with Crippen molar-refractivity contribution in [1.29, 1.82) is 0 Å². The van der Waals surface area contributed by atoms with Gasteiger partial charge in [0.1, 0.15) is 12.7 Å². The molecule has 2 heterocycles. The highest BCUT2D eigenvalue weighted by Gasteiger charge is 2.16. The molecule has 0 spiro atoms. The van der Waals surface area contributed by atoms with Gasteiger partial charge in [0.2, 0.25) is 0 Å². The monoisotopic (exact) mass is 300 g/mol.